The third-order valence-electron chi connectivity index (χ3n) is 4.43. The van der Waals surface area contributed by atoms with Gasteiger partial charge in [-0.05, 0) is 25.7 Å². The van der Waals surface area contributed by atoms with Crippen molar-refractivity contribution >= 4 is 29.9 Å². The maximum Gasteiger partial charge on any atom is 0.403 e. The van der Waals surface area contributed by atoms with Crippen LogP contribution in [0.25, 0.3) is 0 Å². The van der Waals surface area contributed by atoms with E-state index in [4.69, 9.17) is 4.74 Å². The van der Waals surface area contributed by atoms with Crippen LogP contribution in [0.1, 0.15) is 19.8 Å². The first-order chi connectivity index (χ1) is 10.9. The molecule has 0 aromatic heterocycles. The summed E-state index contributed by atoms with van der Waals surface area (Å²) >= 11 is 0. The molecule has 1 atom stereocenters. The van der Waals surface area contributed by atoms with Crippen molar-refractivity contribution < 1.29 is 17.9 Å². The van der Waals surface area contributed by atoms with E-state index >= 15 is 0 Å². The normalized spacial score (nSPS) is 21.4. The number of rotatable bonds is 6. The van der Waals surface area contributed by atoms with E-state index in [1.54, 1.807) is 7.05 Å². The highest BCUT2D eigenvalue weighted by Crippen LogP contribution is 2.28. The van der Waals surface area contributed by atoms with Gasteiger partial charge in [-0.2, -0.15) is 13.2 Å². The summed E-state index contributed by atoms with van der Waals surface area (Å²) in [5.74, 6) is 1.48. The molecular weight excluding hydrogens is 436 g/mol. The standard InChI is InChI=1S/C15H27F3N4O.HI/c1-12(15(16,17)18)21-6-8-22(9-7-21)14(19-2)20-5-10-23-11-13-3-4-13;/h12-13H,3-11H2,1-2H3,(H,19,20);1H. The van der Waals surface area contributed by atoms with Gasteiger partial charge in [-0.3, -0.25) is 9.89 Å². The van der Waals surface area contributed by atoms with E-state index in [9.17, 15) is 13.2 Å². The Hall–Kier alpha value is -0.290. The van der Waals surface area contributed by atoms with Gasteiger partial charge in [0, 0.05) is 46.4 Å². The van der Waals surface area contributed by atoms with Gasteiger partial charge in [0.2, 0.25) is 0 Å². The van der Waals surface area contributed by atoms with Crippen LogP contribution in [-0.4, -0.2) is 81.0 Å². The Labute approximate surface area is 159 Å². The van der Waals surface area contributed by atoms with Gasteiger partial charge in [0.15, 0.2) is 5.96 Å². The Morgan fingerprint density at radius 2 is 1.88 bits per heavy atom. The van der Waals surface area contributed by atoms with Crippen molar-refractivity contribution in [2.24, 2.45) is 10.9 Å². The van der Waals surface area contributed by atoms with E-state index in [0.717, 1.165) is 18.5 Å². The molecule has 5 nitrogen and oxygen atoms in total. The van der Waals surface area contributed by atoms with E-state index < -0.39 is 12.2 Å². The van der Waals surface area contributed by atoms with Crippen molar-refractivity contribution in [2.45, 2.75) is 32.0 Å². The van der Waals surface area contributed by atoms with Crippen LogP contribution in [0, 0.1) is 5.92 Å². The number of alkyl halides is 3. The molecule has 1 saturated carbocycles. The molecule has 0 aromatic rings. The summed E-state index contributed by atoms with van der Waals surface area (Å²) in [6, 6.07) is -1.39. The van der Waals surface area contributed by atoms with Crippen molar-refractivity contribution in [3.8, 4) is 0 Å². The second kappa shape index (κ2) is 10.0. The number of hydrogen-bond donors (Lipinski definition) is 1. The molecule has 0 aromatic carbocycles. The smallest absolute Gasteiger partial charge is 0.379 e. The van der Waals surface area contributed by atoms with Gasteiger partial charge < -0.3 is 15.0 Å². The molecule has 1 unspecified atom stereocenters. The lowest BCUT2D eigenvalue weighted by atomic mass is 10.2. The molecule has 142 valence electrons. The second-order valence-corrected chi connectivity index (χ2v) is 6.23. The first-order valence-corrected chi connectivity index (χ1v) is 8.26. The van der Waals surface area contributed by atoms with E-state index in [2.05, 4.69) is 10.3 Å². The fourth-order valence-electron chi connectivity index (χ4n) is 2.63. The zero-order valence-electron chi connectivity index (χ0n) is 14.3. The summed E-state index contributed by atoms with van der Waals surface area (Å²) in [5.41, 5.74) is 0. The first kappa shape index (κ1) is 21.8. The van der Waals surface area contributed by atoms with E-state index in [1.165, 1.54) is 24.7 Å². The Kier molecular flexibility index (Phi) is 9.07. The molecule has 1 N–H and O–H groups in total. The molecule has 1 aliphatic carbocycles. The van der Waals surface area contributed by atoms with Crippen LogP contribution in [0.15, 0.2) is 4.99 Å². The SMILES string of the molecule is CN=C(NCCOCC1CC1)N1CCN(C(C)C(F)(F)F)CC1.I. The summed E-state index contributed by atoms with van der Waals surface area (Å²) in [6.45, 7) is 5.21. The molecule has 0 radical (unpaired) electrons. The van der Waals surface area contributed by atoms with Crippen molar-refractivity contribution in [1.29, 1.82) is 0 Å². The lowest BCUT2D eigenvalue weighted by Crippen LogP contribution is -2.57. The van der Waals surface area contributed by atoms with Crippen LogP contribution in [0.5, 0.6) is 0 Å². The fourth-order valence-corrected chi connectivity index (χ4v) is 2.63. The zero-order chi connectivity index (χ0) is 16.9. The highest BCUT2D eigenvalue weighted by Gasteiger charge is 2.41. The second-order valence-electron chi connectivity index (χ2n) is 6.23. The predicted molar refractivity (Wildman–Crippen MR) is 99.0 cm³/mol. The minimum Gasteiger partial charge on any atom is -0.379 e. The van der Waals surface area contributed by atoms with Gasteiger partial charge >= 0.3 is 6.18 Å². The van der Waals surface area contributed by atoms with Gasteiger partial charge in [-0.15, -0.1) is 24.0 Å². The molecule has 2 fully saturated rings. The number of halogens is 4. The van der Waals surface area contributed by atoms with Crippen LogP contribution in [-0.2, 0) is 4.74 Å². The lowest BCUT2D eigenvalue weighted by Gasteiger charge is -2.39. The quantitative estimate of drug-likeness (QED) is 0.283. The molecule has 24 heavy (non-hydrogen) atoms. The molecule has 1 saturated heterocycles. The number of aliphatic imine (C=N–C) groups is 1. The maximum absolute atomic E-state index is 12.8. The van der Waals surface area contributed by atoms with E-state index in [-0.39, 0.29) is 24.0 Å². The summed E-state index contributed by atoms with van der Waals surface area (Å²) < 4.78 is 43.8. The van der Waals surface area contributed by atoms with Crippen LogP contribution >= 0.6 is 24.0 Å². The molecule has 0 amide bonds. The molecular formula is C15H28F3IN4O. The highest BCUT2D eigenvalue weighted by atomic mass is 127. The molecule has 1 heterocycles. The minimum atomic E-state index is -4.17. The fraction of sp³-hybridized carbons (Fsp3) is 0.933. The first-order valence-electron chi connectivity index (χ1n) is 8.26. The topological polar surface area (TPSA) is 40.1 Å². The van der Waals surface area contributed by atoms with Crippen LogP contribution in [0.3, 0.4) is 0 Å². The summed E-state index contributed by atoms with van der Waals surface area (Å²) in [5, 5.41) is 3.22. The molecule has 2 rings (SSSR count). The number of hydrogen-bond acceptors (Lipinski definition) is 3. The van der Waals surface area contributed by atoms with Gasteiger partial charge in [0.05, 0.1) is 6.61 Å². The molecule has 1 aliphatic heterocycles. The number of nitrogens with one attached hydrogen (secondary N) is 1. The van der Waals surface area contributed by atoms with Gasteiger partial charge in [0.1, 0.15) is 6.04 Å². The maximum atomic E-state index is 12.8. The number of piperazine rings is 1. The Balaban J connectivity index is 0.00000288. The van der Waals surface area contributed by atoms with Crippen molar-refractivity contribution in [1.82, 2.24) is 15.1 Å². The molecule has 0 spiro atoms. The molecule has 9 heteroatoms. The average molecular weight is 464 g/mol. The third kappa shape index (κ3) is 6.91. The highest BCUT2D eigenvalue weighted by molar-refractivity contribution is 14.0. The number of ether oxygens (including phenoxy) is 1. The average Bonchev–Trinajstić information content (AvgIpc) is 3.34. The van der Waals surface area contributed by atoms with Crippen LogP contribution in [0.2, 0.25) is 0 Å². The third-order valence-corrected chi connectivity index (χ3v) is 4.43. The number of nitrogens with zero attached hydrogens (tertiary/aromatic N) is 3. The monoisotopic (exact) mass is 464 g/mol. The predicted octanol–water partition coefficient (Wildman–Crippen LogP) is 2.17. The Bertz CT molecular complexity index is 397. The van der Waals surface area contributed by atoms with E-state index in [0.29, 0.717) is 39.3 Å². The van der Waals surface area contributed by atoms with Gasteiger partial charge in [-0.1, -0.05) is 0 Å². The van der Waals surface area contributed by atoms with Gasteiger partial charge in [0.25, 0.3) is 0 Å². The Morgan fingerprint density at radius 3 is 2.38 bits per heavy atom. The van der Waals surface area contributed by atoms with Crippen LogP contribution in [0.4, 0.5) is 13.2 Å². The summed E-state index contributed by atoms with van der Waals surface area (Å²) in [7, 11) is 1.69. The van der Waals surface area contributed by atoms with Crippen LogP contribution < -0.4 is 5.32 Å². The zero-order valence-corrected chi connectivity index (χ0v) is 16.6. The Morgan fingerprint density at radius 1 is 1.25 bits per heavy atom. The lowest BCUT2D eigenvalue weighted by molar-refractivity contribution is -0.181. The number of guanidine groups is 1. The molecule has 0 bridgehead atoms. The summed E-state index contributed by atoms with van der Waals surface area (Å²) in [4.78, 5) is 7.69. The largest absolute Gasteiger partial charge is 0.403 e. The van der Waals surface area contributed by atoms with Crippen molar-refractivity contribution in [3.63, 3.8) is 0 Å². The molecule has 2 aliphatic rings. The summed E-state index contributed by atoms with van der Waals surface area (Å²) in [6.07, 6.45) is -1.62. The van der Waals surface area contributed by atoms with Crippen molar-refractivity contribution in [2.75, 3.05) is 53.0 Å². The minimum absolute atomic E-state index is 0. The van der Waals surface area contributed by atoms with E-state index in [1.807, 2.05) is 4.90 Å². The van der Waals surface area contributed by atoms with Gasteiger partial charge in [-0.25, -0.2) is 0 Å². The van der Waals surface area contributed by atoms with Crippen molar-refractivity contribution in [3.05, 3.63) is 0 Å².